The van der Waals surface area contributed by atoms with Gasteiger partial charge < -0.3 is 0 Å². The molecule has 0 bridgehead atoms. The fourth-order valence-electron chi connectivity index (χ4n) is 1.01. The topological polar surface area (TPSA) is 83.8 Å². The standard InChI is InChI=1S/C7H5O3.C2H4O2.Hg/c8-6-3-1-5(2-4-6)7(9)10;1-2(3)4;/h1-3,8H,(H,9,10);1H3,(H,3,4);/q;;+1/p-1. The Kier molecular flexibility index (Phi) is 4.08. The van der Waals surface area contributed by atoms with Crippen molar-refractivity contribution in [1.82, 2.24) is 0 Å². The summed E-state index contributed by atoms with van der Waals surface area (Å²) in [6.07, 6.45) is 0. The molecule has 15 heavy (non-hydrogen) atoms. The SMILES string of the molecule is CC(=O)[O][Hg][c]1cc(C(=O)O)ccc1O. The molecule has 0 saturated carbocycles. The Labute approximate surface area is 98.8 Å². The molecule has 0 unspecified atom stereocenters. The summed E-state index contributed by atoms with van der Waals surface area (Å²) in [5.41, 5.74) is 0.0925. The van der Waals surface area contributed by atoms with Crippen LogP contribution in [-0.4, -0.2) is 22.2 Å². The van der Waals surface area contributed by atoms with Crippen molar-refractivity contribution < 1.29 is 47.5 Å². The molecule has 1 aromatic carbocycles. The van der Waals surface area contributed by atoms with Crippen molar-refractivity contribution in [3.63, 3.8) is 0 Å². The van der Waals surface area contributed by atoms with Crippen LogP contribution in [0.15, 0.2) is 18.2 Å². The van der Waals surface area contributed by atoms with E-state index in [1.807, 2.05) is 0 Å². The van der Waals surface area contributed by atoms with E-state index in [0.29, 0.717) is 3.07 Å². The van der Waals surface area contributed by atoms with Crippen LogP contribution in [0.4, 0.5) is 0 Å². The van der Waals surface area contributed by atoms with Crippen LogP contribution in [-0.2, 0) is 32.5 Å². The van der Waals surface area contributed by atoms with Gasteiger partial charge in [0.1, 0.15) is 0 Å². The molecule has 76 valence electrons. The number of aromatic carboxylic acids is 1. The average Bonchev–Trinajstić information content (AvgIpc) is 2.16. The maximum absolute atomic E-state index is 10.6. The van der Waals surface area contributed by atoms with Crippen LogP contribution in [0.3, 0.4) is 0 Å². The number of benzene rings is 1. The number of carbonyl (C=O) groups is 2. The Morgan fingerprint density at radius 1 is 1.40 bits per heavy atom. The van der Waals surface area contributed by atoms with Crippen molar-refractivity contribution in [1.29, 1.82) is 0 Å². The van der Waals surface area contributed by atoms with Crippen molar-refractivity contribution in [3.05, 3.63) is 23.8 Å². The third-order valence-corrected chi connectivity index (χ3v) is 7.31. The van der Waals surface area contributed by atoms with Crippen molar-refractivity contribution >= 4 is 15.0 Å². The molecule has 0 radical (unpaired) electrons. The molecule has 0 heterocycles. The van der Waals surface area contributed by atoms with Gasteiger partial charge in [0, 0.05) is 0 Å². The van der Waals surface area contributed by atoms with E-state index in [-0.39, 0.29) is 11.3 Å². The van der Waals surface area contributed by atoms with Crippen LogP contribution in [0.5, 0.6) is 5.75 Å². The first-order valence-electron chi connectivity index (χ1n) is 4.19. The fraction of sp³-hybridized carbons (Fsp3) is 0.111. The number of carbonyl (C=O) groups excluding carboxylic acids is 1. The predicted molar refractivity (Wildman–Crippen MR) is 46.5 cm³/mol. The zero-order valence-electron chi connectivity index (χ0n) is 8.06. The van der Waals surface area contributed by atoms with E-state index in [4.69, 9.17) is 7.75 Å². The van der Waals surface area contributed by atoms with Crippen LogP contribution in [0.25, 0.3) is 0 Å². The maximum atomic E-state index is 10.6. The summed E-state index contributed by atoms with van der Waals surface area (Å²) in [6.45, 7) is 1.29. The second-order valence-electron chi connectivity index (χ2n) is 2.93. The van der Waals surface area contributed by atoms with Crippen LogP contribution < -0.4 is 3.07 Å². The third kappa shape index (κ3) is 3.51. The molecule has 0 amide bonds. The minimum absolute atomic E-state index is 0.00270. The number of rotatable bonds is 3. The number of carboxylic acids is 1. The van der Waals surface area contributed by atoms with Gasteiger partial charge >= 0.3 is 98.9 Å². The molecule has 2 N–H and O–H groups in total. The van der Waals surface area contributed by atoms with Crippen LogP contribution in [0.1, 0.15) is 17.3 Å². The van der Waals surface area contributed by atoms with E-state index in [9.17, 15) is 14.7 Å². The van der Waals surface area contributed by atoms with Crippen molar-refractivity contribution in [2.45, 2.75) is 6.92 Å². The molecule has 0 spiro atoms. The van der Waals surface area contributed by atoms with Gasteiger partial charge in [-0.05, 0) is 0 Å². The Balaban J connectivity index is 2.90. The van der Waals surface area contributed by atoms with Gasteiger partial charge in [0.25, 0.3) is 0 Å². The van der Waals surface area contributed by atoms with Gasteiger partial charge in [-0.1, -0.05) is 0 Å². The van der Waals surface area contributed by atoms with Crippen LogP contribution >= 0.6 is 0 Å². The molecule has 0 fully saturated rings. The Morgan fingerprint density at radius 2 is 2.07 bits per heavy atom. The summed E-state index contributed by atoms with van der Waals surface area (Å²) in [5.74, 6) is -1.45. The molecule has 0 aliphatic carbocycles. The quantitative estimate of drug-likeness (QED) is 0.717. The van der Waals surface area contributed by atoms with E-state index in [2.05, 4.69) is 0 Å². The molecule has 0 atom stereocenters. The minimum atomic E-state index is -2.16. The van der Waals surface area contributed by atoms with E-state index >= 15 is 0 Å². The number of carboxylic acid groups (broad SMARTS) is 1. The van der Waals surface area contributed by atoms with Crippen LogP contribution in [0.2, 0.25) is 0 Å². The van der Waals surface area contributed by atoms with Gasteiger partial charge in [-0.3, -0.25) is 0 Å². The first-order chi connectivity index (χ1) is 7.00. The summed E-state index contributed by atoms with van der Waals surface area (Å²) in [6, 6.07) is 3.98. The first-order valence-corrected chi connectivity index (χ1v) is 9.18. The van der Waals surface area contributed by atoms with Crippen molar-refractivity contribution in [2.24, 2.45) is 0 Å². The summed E-state index contributed by atoms with van der Waals surface area (Å²) in [4.78, 5) is 21.2. The average molecular weight is 397 g/mol. The molecular weight excluding hydrogens is 389 g/mol. The van der Waals surface area contributed by atoms with E-state index in [0.717, 1.165) is 0 Å². The van der Waals surface area contributed by atoms with Gasteiger partial charge in [-0.2, -0.15) is 0 Å². The summed E-state index contributed by atoms with van der Waals surface area (Å²) in [5, 5.41) is 18.1. The molecule has 0 saturated heterocycles. The number of phenolic OH excluding ortho intramolecular Hbond substituents is 1. The predicted octanol–water partition coefficient (Wildman–Crippen LogP) is 0.276. The van der Waals surface area contributed by atoms with Gasteiger partial charge in [-0.25, -0.2) is 0 Å². The van der Waals surface area contributed by atoms with E-state index < -0.39 is 37.0 Å². The zero-order valence-corrected chi connectivity index (χ0v) is 13.6. The Bertz CT molecular complexity index is 401. The second-order valence-corrected chi connectivity index (χ2v) is 8.13. The van der Waals surface area contributed by atoms with Gasteiger partial charge in [0.05, 0.1) is 0 Å². The molecule has 1 aromatic rings. The normalized spacial score (nSPS) is 9.13. The van der Waals surface area contributed by atoms with Crippen LogP contribution in [0, 0.1) is 0 Å². The number of hydrogen-bond donors (Lipinski definition) is 2. The summed E-state index contributed by atoms with van der Waals surface area (Å²) < 4.78 is 5.36. The van der Waals surface area contributed by atoms with E-state index in [1.165, 1.54) is 25.1 Å². The first kappa shape index (κ1) is 12.0. The van der Waals surface area contributed by atoms with E-state index in [1.54, 1.807) is 0 Å². The van der Waals surface area contributed by atoms with Gasteiger partial charge in [0.15, 0.2) is 0 Å². The molecule has 5 nitrogen and oxygen atoms in total. The van der Waals surface area contributed by atoms with Gasteiger partial charge in [-0.15, -0.1) is 0 Å². The van der Waals surface area contributed by atoms with Gasteiger partial charge in [0.2, 0.25) is 0 Å². The number of hydrogen-bond acceptors (Lipinski definition) is 4. The Morgan fingerprint density at radius 3 is 2.60 bits per heavy atom. The van der Waals surface area contributed by atoms with Crippen molar-refractivity contribution in [3.8, 4) is 5.75 Å². The summed E-state index contributed by atoms with van der Waals surface area (Å²) in [7, 11) is 0. The zero-order chi connectivity index (χ0) is 11.4. The monoisotopic (exact) mass is 398 g/mol. The molecule has 0 aromatic heterocycles. The molecule has 0 aliphatic rings. The molecular formula is C9H8HgO5. The summed E-state index contributed by atoms with van der Waals surface area (Å²) >= 11 is -2.16. The molecule has 6 heteroatoms. The fourth-order valence-corrected chi connectivity index (χ4v) is 4.62. The molecule has 1 rings (SSSR count). The molecule has 0 aliphatic heterocycles. The Hall–Kier alpha value is -1.10. The van der Waals surface area contributed by atoms with Crippen molar-refractivity contribution in [2.75, 3.05) is 0 Å². The third-order valence-electron chi connectivity index (χ3n) is 1.76. The number of aromatic hydroxyl groups is 1. The number of phenols is 1. The second kappa shape index (κ2) is 5.11.